The van der Waals surface area contributed by atoms with Gasteiger partial charge in [0.05, 0.1) is 5.69 Å². The van der Waals surface area contributed by atoms with Gasteiger partial charge in [0, 0.05) is 28.2 Å². The fraction of sp³-hybridized carbons (Fsp3) is 0.111. The molecular formula is C18H15Br2F2N3O2. The number of amides is 3. The van der Waals surface area contributed by atoms with Gasteiger partial charge in [-0.25, -0.2) is 13.6 Å². The molecule has 2 N–H and O–H groups in total. The smallest absolute Gasteiger partial charge is 0.326 e. The van der Waals surface area contributed by atoms with Gasteiger partial charge in [-0.15, -0.1) is 6.58 Å². The summed E-state index contributed by atoms with van der Waals surface area (Å²) >= 11 is 6.84. The predicted octanol–water partition coefficient (Wildman–Crippen LogP) is 5.07. The van der Waals surface area contributed by atoms with Crippen LogP contribution in [0.5, 0.6) is 0 Å². The van der Waals surface area contributed by atoms with Crippen LogP contribution in [0, 0.1) is 11.6 Å². The molecule has 0 aromatic heterocycles. The first-order valence-electron chi connectivity index (χ1n) is 7.62. The van der Waals surface area contributed by atoms with E-state index in [0.29, 0.717) is 21.2 Å². The van der Waals surface area contributed by atoms with Crippen molar-refractivity contribution in [3.63, 3.8) is 0 Å². The lowest BCUT2D eigenvalue weighted by Gasteiger charge is -2.21. The van der Waals surface area contributed by atoms with Gasteiger partial charge in [-0.2, -0.15) is 0 Å². The van der Waals surface area contributed by atoms with Gasteiger partial charge in [0.2, 0.25) is 0 Å². The van der Waals surface area contributed by atoms with Crippen LogP contribution in [-0.2, 0) is 0 Å². The molecule has 0 saturated heterocycles. The van der Waals surface area contributed by atoms with E-state index in [9.17, 15) is 18.4 Å². The number of hydrogen-bond donors (Lipinski definition) is 2. The standard InChI is InChI=1S/C18H15Br2F2N3O2/c1-3-7-25(2)16-11(19)8-10(9-12(16)20)23-18(27)24-17(26)15-13(21)5-4-6-14(15)22/h3-6,8-9H,1,7H2,2H3,(H2,23,24,26,27). The number of carbonyl (C=O) groups is 2. The minimum absolute atomic E-state index is 0.365. The van der Waals surface area contributed by atoms with E-state index in [1.807, 2.05) is 17.3 Å². The maximum Gasteiger partial charge on any atom is 0.326 e. The minimum atomic E-state index is -1.18. The molecular weight excluding hydrogens is 488 g/mol. The lowest BCUT2D eigenvalue weighted by molar-refractivity contribution is 0.0959. The van der Waals surface area contributed by atoms with Crippen molar-refractivity contribution in [3.05, 3.63) is 69.1 Å². The number of benzene rings is 2. The van der Waals surface area contributed by atoms with Crippen molar-refractivity contribution in [2.75, 3.05) is 23.8 Å². The van der Waals surface area contributed by atoms with Crippen LogP contribution in [0.1, 0.15) is 10.4 Å². The monoisotopic (exact) mass is 501 g/mol. The van der Waals surface area contributed by atoms with E-state index in [-0.39, 0.29) is 0 Å². The number of nitrogens with zero attached hydrogens (tertiary/aromatic N) is 1. The largest absolute Gasteiger partial charge is 0.369 e. The van der Waals surface area contributed by atoms with Crippen LogP contribution in [-0.4, -0.2) is 25.5 Å². The highest BCUT2D eigenvalue weighted by molar-refractivity contribution is 9.11. The summed E-state index contributed by atoms with van der Waals surface area (Å²) in [6, 6.07) is 5.33. The van der Waals surface area contributed by atoms with Gasteiger partial charge in [-0.3, -0.25) is 10.1 Å². The van der Waals surface area contributed by atoms with Gasteiger partial charge in [0.1, 0.15) is 17.2 Å². The topological polar surface area (TPSA) is 61.4 Å². The minimum Gasteiger partial charge on any atom is -0.369 e. The Hall–Kier alpha value is -2.26. The molecule has 5 nitrogen and oxygen atoms in total. The molecule has 0 radical (unpaired) electrons. The highest BCUT2D eigenvalue weighted by Gasteiger charge is 2.19. The normalized spacial score (nSPS) is 10.3. The Bertz CT molecular complexity index is 863. The molecule has 27 heavy (non-hydrogen) atoms. The molecule has 0 atom stereocenters. The number of carbonyl (C=O) groups excluding carboxylic acids is 2. The summed E-state index contributed by atoms with van der Waals surface area (Å²) in [7, 11) is 1.87. The molecule has 9 heteroatoms. The van der Waals surface area contributed by atoms with Crippen LogP contribution in [0.4, 0.5) is 25.0 Å². The van der Waals surface area contributed by atoms with E-state index in [0.717, 1.165) is 23.9 Å². The van der Waals surface area contributed by atoms with Crippen LogP contribution in [0.25, 0.3) is 0 Å². The van der Waals surface area contributed by atoms with Crippen molar-refractivity contribution in [2.24, 2.45) is 0 Å². The maximum atomic E-state index is 13.6. The Kier molecular flexibility index (Phi) is 7.09. The van der Waals surface area contributed by atoms with Crippen LogP contribution in [0.2, 0.25) is 0 Å². The van der Waals surface area contributed by atoms with Gasteiger partial charge < -0.3 is 10.2 Å². The number of halogens is 4. The average molecular weight is 503 g/mol. The van der Waals surface area contributed by atoms with Crippen molar-refractivity contribution in [1.29, 1.82) is 0 Å². The summed E-state index contributed by atoms with van der Waals surface area (Å²) < 4.78 is 28.6. The quantitative estimate of drug-likeness (QED) is 0.561. The van der Waals surface area contributed by atoms with E-state index in [1.165, 1.54) is 0 Å². The van der Waals surface area contributed by atoms with Gasteiger partial charge in [0.25, 0.3) is 5.91 Å². The fourth-order valence-electron chi connectivity index (χ4n) is 2.33. The van der Waals surface area contributed by atoms with Gasteiger partial charge in [0.15, 0.2) is 0 Å². The summed E-state index contributed by atoms with van der Waals surface area (Å²) in [6.07, 6.45) is 1.74. The highest BCUT2D eigenvalue weighted by atomic mass is 79.9. The van der Waals surface area contributed by atoms with Gasteiger partial charge in [-0.1, -0.05) is 12.1 Å². The third-order valence-corrected chi connectivity index (χ3v) is 4.69. The van der Waals surface area contributed by atoms with Gasteiger partial charge in [-0.05, 0) is 56.1 Å². The first kappa shape index (κ1) is 21.0. The number of rotatable bonds is 5. The number of imide groups is 1. The molecule has 2 aromatic rings. The fourth-order valence-corrected chi connectivity index (χ4v) is 4.12. The van der Waals surface area contributed by atoms with E-state index in [1.54, 1.807) is 18.2 Å². The zero-order valence-corrected chi connectivity index (χ0v) is 17.3. The lowest BCUT2D eigenvalue weighted by Crippen LogP contribution is -2.35. The Balaban J connectivity index is 2.14. The third-order valence-electron chi connectivity index (χ3n) is 3.48. The Labute approximate surface area is 171 Å². The first-order chi connectivity index (χ1) is 12.7. The summed E-state index contributed by atoms with van der Waals surface area (Å²) in [5.74, 6) is -3.29. The number of urea groups is 1. The Morgan fingerprint density at radius 1 is 1.19 bits per heavy atom. The molecule has 0 spiro atoms. The average Bonchev–Trinajstić information content (AvgIpc) is 2.53. The molecule has 0 aliphatic rings. The van der Waals surface area contributed by atoms with E-state index in [4.69, 9.17) is 0 Å². The zero-order chi connectivity index (χ0) is 20.1. The SMILES string of the molecule is C=CCN(C)c1c(Br)cc(NC(=O)NC(=O)c2c(F)cccc2F)cc1Br. The first-order valence-corrected chi connectivity index (χ1v) is 9.20. The maximum absolute atomic E-state index is 13.6. The van der Waals surface area contributed by atoms with Crippen LogP contribution < -0.4 is 15.5 Å². The highest BCUT2D eigenvalue weighted by Crippen LogP contribution is 2.36. The van der Waals surface area contributed by atoms with E-state index >= 15 is 0 Å². The summed E-state index contributed by atoms with van der Waals surface area (Å²) in [5, 5.41) is 4.35. The number of nitrogens with one attached hydrogen (secondary N) is 2. The number of likely N-dealkylation sites (N-methyl/N-ethyl adjacent to an activating group) is 1. The van der Waals surface area contributed by atoms with Gasteiger partial charge >= 0.3 is 6.03 Å². The number of hydrogen-bond acceptors (Lipinski definition) is 3. The molecule has 0 unspecified atom stereocenters. The van der Waals surface area contributed by atoms with Crippen LogP contribution in [0.3, 0.4) is 0 Å². The van der Waals surface area contributed by atoms with E-state index in [2.05, 4.69) is 43.8 Å². The Morgan fingerprint density at radius 3 is 2.26 bits per heavy atom. The molecule has 0 fully saturated rings. The zero-order valence-electron chi connectivity index (χ0n) is 14.2. The van der Waals surface area contributed by atoms with Crippen molar-refractivity contribution >= 4 is 55.2 Å². The second-order valence-corrected chi connectivity index (χ2v) is 7.17. The molecule has 3 amide bonds. The summed E-state index contributed by atoms with van der Waals surface area (Å²) in [4.78, 5) is 25.9. The Morgan fingerprint density at radius 2 is 1.74 bits per heavy atom. The lowest BCUT2D eigenvalue weighted by atomic mass is 10.2. The molecule has 2 aromatic carbocycles. The molecule has 0 saturated carbocycles. The summed E-state index contributed by atoms with van der Waals surface area (Å²) in [6.45, 7) is 4.29. The molecule has 2 rings (SSSR count). The van der Waals surface area contributed by atoms with Crippen molar-refractivity contribution in [3.8, 4) is 0 Å². The summed E-state index contributed by atoms with van der Waals surface area (Å²) in [5.41, 5.74) is 0.380. The van der Waals surface area contributed by atoms with Crippen molar-refractivity contribution in [2.45, 2.75) is 0 Å². The van der Waals surface area contributed by atoms with Crippen LogP contribution >= 0.6 is 31.9 Å². The molecule has 0 aliphatic heterocycles. The second-order valence-electron chi connectivity index (χ2n) is 5.46. The molecule has 142 valence electrons. The molecule has 0 heterocycles. The molecule has 0 aliphatic carbocycles. The van der Waals surface area contributed by atoms with Crippen molar-refractivity contribution in [1.82, 2.24) is 5.32 Å². The van der Waals surface area contributed by atoms with E-state index < -0.39 is 29.1 Å². The van der Waals surface area contributed by atoms with Crippen LogP contribution in [0.15, 0.2) is 51.9 Å². The van der Waals surface area contributed by atoms with Crippen molar-refractivity contribution < 1.29 is 18.4 Å². The number of anilines is 2. The second kappa shape index (κ2) is 9.09. The third kappa shape index (κ3) is 5.14. The molecule has 0 bridgehead atoms. The predicted molar refractivity (Wildman–Crippen MR) is 108 cm³/mol.